The molecule has 0 amide bonds. The van der Waals surface area contributed by atoms with Gasteiger partial charge in [0, 0.05) is 0 Å². The predicted octanol–water partition coefficient (Wildman–Crippen LogP) is 8.31. The van der Waals surface area contributed by atoms with Gasteiger partial charge in [0.25, 0.3) is 0 Å². The van der Waals surface area contributed by atoms with Crippen molar-refractivity contribution in [1.29, 1.82) is 0 Å². The smallest absolute Gasteiger partial charge is 0.386 e. The van der Waals surface area contributed by atoms with Crippen LogP contribution < -0.4 is 13.6 Å². The highest BCUT2D eigenvalue weighted by Crippen LogP contribution is 2.49. The van der Waals surface area contributed by atoms with Crippen LogP contribution in [0.5, 0.6) is 17.2 Å². The molecule has 1 atom stereocenters. The quantitative estimate of drug-likeness (QED) is 0.253. The van der Waals surface area contributed by atoms with Crippen molar-refractivity contribution in [3.8, 4) is 17.2 Å². The third-order valence-corrected chi connectivity index (χ3v) is 5.96. The standard InChI is InChI=1S/C21H21O4P.C7H8.H3P/c1-16-4-10-19(11-5-16)23-26(22,24-20-12-6-17(2)7-13-20)25-21-14-8-18(3)9-15-21;1-7-5-3-2-4-6-7;/h4-15H,1-3H3;2-6H,1H3;1H3. The molecule has 0 N–H and O–H groups in total. The number of phosphoric acid groups is 1. The molecule has 0 heterocycles. The fourth-order valence-corrected chi connectivity index (χ4v) is 4.03. The van der Waals surface area contributed by atoms with E-state index in [-0.39, 0.29) is 9.90 Å². The molecule has 4 aromatic rings. The van der Waals surface area contributed by atoms with Crippen LogP contribution in [0.2, 0.25) is 0 Å². The van der Waals surface area contributed by atoms with E-state index in [0.29, 0.717) is 17.2 Å². The van der Waals surface area contributed by atoms with Crippen LogP contribution in [0.4, 0.5) is 0 Å². The Balaban J connectivity index is 0.000000439. The summed E-state index contributed by atoms with van der Waals surface area (Å²) < 4.78 is 30.2. The number of hydrogen-bond acceptors (Lipinski definition) is 4. The van der Waals surface area contributed by atoms with E-state index in [9.17, 15) is 4.57 Å². The van der Waals surface area contributed by atoms with E-state index in [1.54, 1.807) is 36.4 Å². The Morgan fingerprint density at radius 3 is 0.941 bits per heavy atom. The third-order valence-electron chi connectivity index (χ3n) is 4.66. The van der Waals surface area contributed by atoms with Crippen LogP contribution in [0.3, 0.4) is 0 Å². The summed E-state index contributed by atoms with van der Waals surface area (Å²) in [4.78, 5) is 0. The van der Waals surface area contributed by atoms with Gasteiger partial charge in [0.15, 0.2) is 0 Å². The van der Waals surface area contributed by atoms with E-state index >= 15 is 0 Å². The van der Waals surface area contributed by atoms with E-state index in [2.05, 4.69) is 19.1 Å². The summed E-state index contributed by atoms with van der Waals surface area (Å²) in [6.45, 7) is 7.99. The Bertz CT molecular complexity index is 1050. The van der Waals surface area contributed by atoms with E-state index in [1.165, 1.54) is 5.56 Å². The van der Waals surface area contributed by atoms with Gasteiger partial charge in [0.2, 0.25) is 0 Å². The van der Waals surface area contributed by atoms with E-state index in [4.69, 9.17) is 13.6 Å². The van der Waals surface area contributed by atoms with Crippen LogP contribution in [0.1, 0.15) is 22.3 Å². The first kappa shape index (κ1) is 27.2. The van der Waals surface area contributed by atoms with Gasteiger partial charge in [-0.3, -0.25) is 0 Å². The second kappa shape index (κ2) is 13.0. The van der Waals surface area contributed by atoms with Crippen molar-refractivity contribution in [2.75, 3.05) is 0 Å². The summed E-state index contributed by atoms with van der Waals surface area (Å²) in [5.41, 5.74) is 4.55. The van der Waals surface area contributed by atoms with Gasteiger partial charge in [-0.1, -0.05) is 89.0 Å². The molecule has 0 spiro atoms. The minimum atomic E-state index is -3.93. The molecule has 0 bridgehead atoms. The molecule has 1 unspecified atom stereocenters. The Kier molecular flexibility index (Phi) is 10.4. The van der Waals surface area contributed by atoms with Crippen LogP contribution in [0.15, 0.2) is 103 Å². The maximum absolute atomic E-state index is 13.3. The second-order valence-corrected chi connectivity index (χ2v) is 9.26. The van der Waals surface area contributed by atoms with Gasteiger partial charge in [0.1, 0.15) is 17.2 Å². The van der Waals surface area contributed by atoms with E-state index in [1.807, 2.05) is 75.4 Å². The lowest BCUT2D eigenvalue weighted by Gasteiger charge is -2.19. The average Bonchev–Trinajstić information content (AvgIpc) is 2.80. The highest BCUT2D eigenvalue weighted by atomic mass is 31.2. The van der Waals surface area contributed by atoms with Gasteiger partial charge in [-0.05, 0) is 64.1 Å². The zero-order valence-electron chi connectivity index (χ0n) is 20.1. The lowest BCUT2D eigenvalue weighted by atomic mass is 10.2. The fraction of sp³-hybridized carbons (Fsp3) is 0.143. The number of hydrogen-bond donors (Lipinski definition) is 0. The molecule has 4 nitrogen and oxygen atoms in total. The largest absolute Gasteiger partial charge is 0.647 e. The van der Waals surface area contributed by atoms with Crippen LogP contribution in [0, 0.1) is 27.7 Å². The molecule has 0 aliphatic rings. The third kappa shape index (κ3) is 9.06. The maximum atomic E-state index is 13.3. The summed E-state index contributed by atoms with van der Waals surface area (Å²) in [5.74, 6) is 1.24. The number of aryl methyl sites for hydroxylation is 4. The van der Waals surface area contributed by atoms with Crippen molar-refractivity contribution in [2.24, 2.45) is 0 Å². The molecule has 0 aliphatic heterocycles. The highest BCUT2D eigenvalue weighted by molar-refractivity contribution is 7.49. The zero-order valence-corrected chi connectivity index (χ0v) is 22.4. The molecule has 4 aromatic carbocycles. The number of benzene rings is 4. The summed E-state index contributed by atoms with van der Waals surface area (Å²) in [5, 5.41) is 0. The zero-order chi connectivity index (χ0) is 23.7. The molecule has 0 saturated heterocycles. The molecular formula is C28H32O4P2. The van der Waals surface area contributed by atoms with Crippen LogP contribution in [-0.2, 0) is 4.57 Å². The molecule has 0 aliphatic carbocycles. The van der Waals surface area contributed by atoms with Crippen molar-refractivity contribution in [3.63, 3.8) is 0 Å². The minimum Gasteiger partial charge on any atom is -0.386 e. The number of rotatable bonds is 6. The fourth-order valence-electron chi connectivity index (χ4n) is 2.77. The summed E-state index contributed by atoms with van der Waals surface area (Å²) in [7, 11) is -3.93. The monoisotopic (exact) mass is 494 g/mol. The van der Waals surface area contributed by atoms with Crippen molar-refractivity contribution >= 4 is 17.7 Å². The van der Waals surface area contributed by atoms with E-state index in [0.717, 1.165) is 16.7 Å². The van der Waals surface area contributed by atoms with Crippen LogP contribution >= 0.6 is 17.7 Å². The van der Waals surface area contributed by atoms with Gasteiger partial charge in [-0.15, -0.1) is 0 Å². The molecular weight excluding hydrogens is 462 g/mol. The van der Waals surface area contributed by atoms with Gasteiger partial charge < -0.3 is 13.6 Å². The SMILES string of the molecule is Cc1ccc(OP(=O)(Oc2ccc(C)cc2)Oc2ccc(C)cc2)cc1.Cc1ccccc1.P. The Morgan fingerprint density at radius 2 is 0.706 bits per heavy atom. The van der Waals surface area contributed by atoms with Crippen molar-refractivity contribution in [3.05, 3.63) is 125 Å². The Morgan fingerprint density at radius 1 is 0.441 bits per heavy atom. The van der Waals surface area contributed by atoms with Gasteiger partial charge in [-0.2, -0.15) is 14.5 Å². The molecule has 4 rings (SSSR count). The summed E-state index contributed by atoms with van der Waals surface area (Å²) in [6.07, 6.45) is 0. The van der Waals surface area contributed by atoms with Crippen molar-refractivity contribution in [2.45, 2.75) is 27.7 Å². The van der Waals surface area contributed by atoms with Crippen LogP contribution in [-0.4, -0.2) is 0 Å². The molecule has 6 heteroatoms. The van der Waals surface area contributed by atoms with Crippen LogP contribution in [0.25, 0.3) is 0 Å². The maximum Gasteiger partial charge on any atom is 0.647 e. The van der Waals surface area contributed by atoms with Crippen molar-refractivity contribution in [1.82, 2.24) is 0 Å². The summed E-state index contributed by atoms with van der Waals surface area (Å²) >= 11 is 0. The molecule has 0 fully saturated rings. The van der Waals surface area contributed by atoms with Crippen molar-refractivity contribution < 1.29 is 18.1 Å². The topological polar surface area (TPSA) is 44.8 Å². The van der Waals surface area contributed by atoms with Gasteiger partial charge >= 0.3 is 7.82 Å². The molecule has 34 heavy (non-hydrogen) atoms. The lowest BCUT2D eigenvalue weighted by Crippen LogP contribution is -2.07. The van der Waals surface area contributed by atoms with Gasteiger partial charge in [0.05, 0.1) is 0 Å². The number of phosphoric ester groups is 1. The first-order valence-corrected chi connectivity index (χ1v) is 12.2. The second-order valence-electron chi connectivity index (χ2n) is 7.81. The Hall–Kier alpha value is -3.06. The first-order valence-electron chi connectivity index (χ1n) is 10.7. The first-order chi connectivity index (χ1) is 15.8. The summed E-state index contributed by atoms with van der Waals surface area (Å²) in [6, 6.07) is 31.9. The molecule has 0 saturated carbocycles. The average molecular weight is 495 g/mol. The normalized spacial score (nSPS) is 10.2. The molecule has 0 radical (unpaired) electrons. The highest BCUT2D eigenvalue weighted by Gasteiger charge is 2.33. The minimum absolute atomic E-state index is 0. The predicted molar refractivity (Wildman–Crippen MR) is 145 cm³/mol. The molecule has 178 valence electrons. The lowest BCUT2D eigenvalue weighted by molar-refractivity contribution is 0.298. The van der Waals surface area contributed by atoms with Gasteiger partial charge in [-0.25, -0.2) is 0 Å². The van der Waals surface area contributed by atoms with E-state index < -0.39 is 7.82 Å². The Labute approximate surface area is 206 Å². The molecule has 0 aromatic heterocycles.